The summed E-state index contributed by atoms with van der Waals surface area (Å²) in [5.74, 6) is 6.07. The Kier molecular flexibility index (Phi) is 8.50. The van der Waals surface area contributed by atoms with Gasteiger partial charge >= 0.3 is 11.7 Å². The Bertz CT molecular complexity index is 2800. The standard InChI is InChI=1S/C41H35N9O4/c1-24(2)30-17-28(19-34-38(30)48(4)41(54)47(34)3)29-9-5-8-26-18-33(44-21-31(26)29)27-11-12-32(43-20-27)39(52)42-15-6-7-25-10-13-35-45-22-37(50(35)23-25)49-16-14-36(51)46-40(49)53/h5,8-13,17-24H,14-16H2,1-4H3,(H,42,52)(H,46,51,53). The van der Waals surface area contributed by atoms with E-state index in [0.29, 0.717) is 17.0 Å². The van der Waals surface area contributed by atoms with Crippen LogP contribution in [0.5, 0.6) is 0 Å². The Morgan fingerprint density at radius 1 is 0.926 bits per heavy atom. The highest BCUT2D eigenvalue weighted by atomic mass is 16.2. The van der Waals surface area contributed by atoms with Crippen molar-refractivity contribution in [2.24, 2.45) is 14.1 Å². The molecule has 0 atom stereocenters. The number of urea groups is 1. The summed E-state index contributed by atoms with van der Waals surface area (Å²) >= 11 is 0. The number of nitrogens with one attached hydrogen (secondary N) is 2. The summed E-state index contributed by atoms with van der Waals surface area (Å²) in [6, 6.07) is 19.0. The lowest BCUT2D eigenvalue weighted by Gasteiger charge is -2.25. The number of carbonyl (C=O) groups is 3. The summed E-state index contributed by atoms with van der Waals surface area (Å²) in [4.78, 5) is 64.6. The number of nitrogens with zero attached hydrogens (tertiary/aromatic N) is 7. The molecule has 0 bridgehead atoms. The second-order valence-electron chi connectivity index (χ2n) is 13.5. The number of fused-ring (bicyclic) bond motifs is 3. The number of aryl methyl sites for hydroxylation is 2. The van der Waals surface area contributed by atoms with E-state index in [1.54, 1.807) is 57.4 Å². The quantitative estimate of drug-likeness (QED) is 0.226. The Morgan fingerprint density at radius 3 is 2.56 bits per heavy atom. The molecule has 1 aliphatic rings. The van der Waals surface area contributed by atoms with Gasteiger partial charge in [-0.3, -0.25) is 43.3 Å². The maximum atomic E-state index is 12.9. The molecular formula is C41H35N9O4. The molecule has 5 aromatic heterocycles. The van der Waals surface area contributed by atoms with Gasteiger partial charge in [-0.15, -0.1) is 0 Å². The molecule has 0 radical (unpaired) electrons. The Morgan fingerprint density at radius 2 is 1.78 bits per heavy atom. The average Bonchev–Trinajstić information content (AvgIpc) is 3.69. The van der Waals surface area contributed by atoms with Gasteiger partial charge in [0.1, 0.15) is 17.2 Å². The number of amides is 4. The fraction of sp³-hybridized carbons (Fsp3) is 0.195. The summed E-state index contributed by atoms with van der Waals surface area (Å²) in [5, 5.41) is 7.09. The lowest BCUT2D eigenvalue weighted by molar-refractivity contribution is -0.120. The maximum absolute atomic E-state index is 12.9. The number of imidazole rings is 2. The highest BCUT2D eigenvalue weighted by molar-refractivity contribution is 6.05. The Balaban J connectivity index is 0.968. The molecule has 1 fully saturated rings. The van der Waals surface area contributed by atoms with E-state index < -0.39 is 6.03 Å². The summed E-state index contributed by atoms with van der Waals surface area (Å²) in [6.45, 7) is 4.62. The molecule has 1 aliphatic heterocycles. The number of rotatable bonds is 6. The predicted octanol–water partition coefficient (Wildman–Crippen LogP) is 5.15. The molecule has 13 heteroatoms. The monoisotopic (exact) mass is 717 g/mol. The van der Waals surface area contributed by atoms with Gasteiger partial charge in [0.15, 0.2) is 0 Å². The number of hydrogen-bond acceptors (Lipinski definition) is 7. The number of aromatic nitrogens is 6. The minimum absolute atomic E-state index is 0.0533. The van der Waals surface area contributed by atoms with E-state index >= 15 is 0 Å². The molecule has 54 heavy (non-hydrogen) atoms. The molecule has 0 spiro atoms. The molecule has 6 heterocycles. The van der Waals surface area contributed by atoms with Crippen LogP contribution < -0.4 is 21.2 Å². The SMILES string of the molecule is CC(C)c1cc(-c2cccc3cc(-c4ccc(C(=O)NCC#Cc5ccc6ncc(N7CCC(=O)NC7=O)n6c5)nc4)ncc23)cc2c1n(C)c(=O)n2C. The fourth-order valence-electron chi connectivity index (χ4n) is 6.93. The van der Waals surface area contributed by atoms with Crippen LogP contribution in [0.2, 0.25) is 0 Å². The van der Waals surface area contributed by atoms with Crippen LogP contribution in [0.25, 0.3) is 49.8 Å². The minimum Gasteiger partial charge on any atom is -0.340 e. The molecule has 2 N–H and O–H groups in total. The zero-order chi connectivity index (χ0) is 37.7. The summed E-state index contributed by atoms with van der Waals surface area (Å²) in [5.41, 5.74) is 7.97. The van der Waals surface area contributed by atoms with Crippen molar-refractivity contribution >= 4 is 51.1 Å². The highest BCUT2D eigenvalue weighted by Crippen LogP contribution is 2.35. The van der Waals surface area contributed by atoms with Crippen LogP contribution in [0.1, 0.15) is 47.8 Å². The number of imide groups is 1. The van der Waals surface area contributed by atoms with Gasteiger partial charge in [0, 0.05) is 62.2 Å². The van der Waals surface area contributed by atoms with Crippen molar-refractivity contribution < 1.29 is 14.4 Å². The van der Waals surface area contributed by atoms with Gasteiger partial charge in [0.2, 0.25) is 5.91 Å². The van der Waals surface area contributed by atoms with Crippen LogP contribution in [0.4, 0.5) is 10.6 Å². The molecule has 7 aromatic rings. The van der Waals surface area contributed by atoms with Crippen LogP contribution in [0.3, 0.4) is 0 Å². The number of anilines is 1. The van der Waals surface area contributed by atoms with E-state index in [-0.39, 0.29) is 48.6 Å². The smallest absolute Gasteiger partial charge is 0.329 e. The molecule has 2 aromatic carbocycles. The molecule has 0 unspecified atom stereocenters. The van der Waals surface area contributed by atoms with Gasteiger partial charge in [-0.2, -0.15) is 0 Å². The van der Waals surface area contributed by atoms with Gasteiger partial charge in [0.25, 0.3) is 5.91 Å². The number of hydrogen-bond donors (Lipinski definition) is 2. The van der Waals surface area contributed by atoms with Gasteiger partial charge in [0.05, 0.1) is 29.5 Å². The Labute approximate surface area is 309 Å². The summed E-state index contributed by atoms with van der Waals surface area (Å²) in [7, 11) is 3.62. The third-order valence-corrected chi connectivity index (χ3v) is 9.77. The van der Waals surface area contributed by atoms with Crippen molar-refractivity contribution in [2.75, 3.05) is 18.0 Å². The van der Waals surface area contributed by atoms with Crippen LogP contribution in [0.15, 0.2) is 90.2 Å². The van der Waals surface area contributed by atoms with Crippen molar-refractivity contribution in [3.05, 3.63) is 113 Å². The van der Waals surface area contributed by atoms with Crippen molar-refractivity contribution in [3.8, 4) is 34.2 Å². The first kappa shape index (κ1) is 34.0. The maximum Gasteiger partial charge on any atom is 0.329 e. The van der Waals surface area contributed by atoms with Gasteiger partial charge in [-0.1, -0.05) is 43.9 Å². The largest absolute Gasteiger partial charge is 0.340 e. The van der Waals surface area contributed by atoms with E-state index in [2.05, 4.69) is 64.5 Å². The second-order valence-corrected chi connectivity index (χ2v) is 13.5. The van der Waals surface area contributed by atoms with Crippen molar-refractivity contribution in [2.45, 2.75) is 26.2 Å². The highest BCUT2D eigenvalue weighted by Gasteiger charge is 2.26. The van der Waals surface area contributed by atoms with Crippen LogP contribution >= 0.6 is 0 Å². The van der Waals surface area contributed by atoms with Crippen molar-refractivity contribution in [3.63, 3.8) is 0 Å². The van der Waals surface area contributed by atoms with Gasteiger partial charge < -0.3 is 5.32 Å². The van der Waals surface area contributed by atoms with E-state index in [1.807, 2.05) is 37.5 Å². The van der Waals surface area contributed by atoms with E-state index in [9.17, 15) is 19.2 Å². The average molecular weight is 718 g/mol. The number of benzene rings is 2. The molecule has 4 amide bonds. The van der Waals surface area contributed by atoms with Crippen molar-refractivity contribution in [1.29, 1.82) is 0 Å². The molecule has 8 rings (SSSR count). The third kappa shape index (κ3) is 6.03. The summed E-state index contributed by atoms with van der Waals surface area (Å²) < 4.78 is 5.16. The normalized spacial score (nSPS) is 13.1. The molecule has 0 saturated carbocycles. The van der Waals surface area contributed by atoms with E-state index in [1.165, 1.54) is 4.90 Å². The van der Waals surface area contributed by atoms with E-state index in [4.69, 9.17) is 4.98 Å². The number of carbonyl (C=O) groups excluding carboxylic acids is 3. The molecule has 0 aliphatic carbocycles. The van der Waals surface area contributed by atoms with Gasteiger partial charge in [-0.25, -0.2) is 14.6 Å². The molecule has 1 saturated heterocycles. The fourth-order valence-corrected chi connectivity index (χ4v) is 6.93. The van der Waals surface area contributed by atoms with Crippen molar-refractivity contribution in [1.82, 2.24) is 39.1 Å². The molecule has 268 valence electrons. The third-order valence-electron chi connectivity index (χ3n) is 9.77. The first-order chi connectivity index (χ1) is 26.1. The first-order valence-corrected chi connectivity index (χ1v) is 17.5. The lowest BCUT2D eigenvalue weighted by atomic mass is 9.93. The lowest BCUT2D eigenvalue weighted by Crippen LogP contribution is -2.50. The van der Waals surface area contributed by atoms with Gasteiger partial charge in [-0.05, 0) is 70.5 Å². The second kappa shape index (κ2) is 13.5. The summed E-state index contributed by atoms with van der Waals surface area (Å²) in [6.07, 6.45) is 7.03. The predicted molar refractivity (Wildman–Crippen MR) is 206 cm³/mol. The van der Waals surface area contributed by atoms with Crippen LogP contribution in [-0.2, 0) is 18.9 Å². The van der Waals surface area contributed by atoms with E-state index in [0.717, 1.165) is 49.8 Å². The molecular weight excluding hydrogens is 683 g/mol. The molecule has 13 nitrogen and oxygen atoms in total. The Hall–Kier alpha value is -7.07. The van der Waals surface area contributed by atoms with Crippen LogP contribution in [0, 0.1) is 11.8 Å². The van der Waals surface area contributed by atoms with Crippen LogP contribution in [-0.4, -0.2) is 59.4 Å². The zero-order valence-electron chi connectivity index (χ0n) is 30.0. The number of pyridine rings is 3. The first-order valence-electron chi connectivity index (χ1n) is 17.5. The topological polar surface area (TPSA) is 149 Å². The zero-order valence-corrected chi connectivity index (χ0v) is 30.0. The minimum atomic E-state index is -0.495.